The predicted octanol–water partition coefficient (Wildman–Crippen LogP) is 2.53. The number of likely N-dealkylation sites (tertiary alicyclic amines) is 1. The number of rotatable bonds is 1. The molecule has 4 heteroatoms. The van der Waals surface area contributed by atoms with E-state index in [2.05, 4.69) is 6.58 Å². The smallest absolute Gasteiger partial charge is 0.410 e. The van der Waals surface area contributed by atoms with Gasteiger partial charge in [0.2, 0.25) is 0 Å². The Bertz CT molecular complexity index is 341. The molecule has 0 spiro atoms. The molecule has 1 fully saturated rings. The molecular weight excluding hydrogens is 218 g/mol. The molecule has 1 aliphatic rings. The molecule has 0 radical (unpaired) electrons. The van der Waals surface area contributed by atoms with Gasteiger partial charge in [0.15, 0.2) is 0 Å². The van der Waals surface area contributed by atoms with Crippen LogP contribution in [0.25, 0.3) is 0 Å². The molecule has 4 nitrogen and oxygen atoms in total. The zero-order chi connectivity index (χ0) is 13.2. The monoisotopic (exact) mass is 239 g/mol. The zero-order valence-corrected chi connectivity index (χ0v) is 11.1. The lowest BCUT2D eigenvalue weighted by atomic mass is 9.96. The Morgan fingerprint density at radius 1 is 1.47 bits per heavy atom. The van der Waals surface area contributed by atoms with E-state index in [0.717, 1.165) is 5.57 Å². The number of carbonyl (C=O) groups excluding carboxylic acids is 2. The van der Waals surface area contributed by atoms with Crippen LogP contribution >= 0.6 is 0 Å². The van der Waals surface area contributed by atoms with Gasteiger partial charge in [0.05, 0.1) is 6.04 Å². The van der Waals surface area contributed by atoms with Crippen molar-refractivity contribution in [3.05, 3.63) is 12.2 Å². The van der Waals surface area contributed by atoms with Crippen LogP contribution in [-0.4, -0.2) is 35.0 Å². The average molecular weight is 239 g/mol. The van der Waals surface area contributed by atoms with Crippen molar-refractivity contribution >= 4 is 11.9 Å². The highest BCUT2D eigenvalue weighted by Crippen LogP contribution is 2.22. The summed E-state index contributed by atoms with van der Waals surface area (Å²) in [4.78, 5) is 25.0. The molecule has 0 saturated carbocycles. The Morgan fingerprint density at radius 2 is 2.06 bits per heavy atom. The van der Waals surface area contributed by atoms with E-state index in [1.807, 2.05) is 27.7 Å². The van der Waals surface area contributed by atoms with Gasteiger partial charge in [-0.2, -0.15) is 0 Å². The van der Waals surface area contributed by atoms with Crippen molar-refractivity contribution in [2.24, 2.45) is 0 Å². The van der Waals surface area contributed by atoms with Crippen LogP contribution in [0.15, 0.2) is 12.2 Å². The molecule has 1 amide bonds. The molecule has 0 aromatic carbocycles. The molecule has 1 atom stereocenters. The molecule has 0 aromatic rings. The van der Waals surface area contributed by atoms with Crippen molar-refractivity contribution < 1.29 is 14.3 Å². The number of piperidine rings is 1. The summed E-state index contributed by atoms with van der Waals surface area (Å²) in [6.45, 7) is 11.6. The number of carbonyl (C=O) groups is 2. The van der Waals surface area contributed by atoms with E-state index in [0.29, 0.717) is 19.4 Å². The second kappa shape index (κ2) is 4.90. The van der Waals surface area contributed by atoms with E-state index in [1.165, 1.54) is 0 Å². The molecule has 17 heavy (non-hydrogen) atoms. The molecule has 0 aromatic heterocycles. The lowest BCUT2D eigenvalue weighted by Crippen LogP contribution is -2.48. The van der Waals surface area contributed by atoms with Gasteiger partial charge in [-0.3, -0.25) is 4.79 Å². The van der Waals surface area contributed by atoms with Crippen molar-refractivity contribution in [1.82, 2.24) is 4.90 Å². The Kier molecular flexibility index (Phi) is 3.96. The maximum Gasteiger partial charge on any atom is 0.410 e. The van der Waals surface area contributed by atoms with Crippen LogP contribution in [0.2, 0.25) is 0 Å². The van der Waals surface area contributed by atoms with E-state index < -0.39 is 5.60 Å². The van der Waals surface area contributed by atoms with Crippen molar-refractivity contribution in [1.29, 1.82) is 0 Å². The fourth-order valence-electron chi connectivity index (χ4n) is 1.81. The van der Waals surface area contributed by atoms with Gasteiger partial charge in [-0.15, -0.1) is 0 Å². The minimum atomic E-state index is -0.516. The summed E-state index contributed by atoms with van der Waals surface area (Å²) in [6.07, 6.45) is 0.399. The van der Waals surface area contributed by atoms with Crippen LogP contribution in [0.3, 0.4) is 0 Å². The Labute approximate surface area is 103 Å². The second-order valence-electron chi connectivity index (χ2n) is 5.53. The van der Waals surface area contributed by atoms with Gasteiger partial charge < -0.3 is 9.64 Å². The highest BCUT2D eigenvalue weighted by Gasteiger charge is 2.33. The predicted molar refractivity (Wildman–Crippen MR) is 65.8 cm³/mol. The van der Waals surface area contributed by atoms with Gasteiger partial charge in [0.25, 0.3) is 0 Å². The zero-order valence-electron chi connectivity index (χ0n) is 11.1. The third kappa shape index (κ3) is 3.88. The third-order valence-electron chi connectivity index (χ3n) is 2.63. The van der Waals surface area contributed by atoms with E-state index in [-0.39, 0.29) is 17.9 Å². The van der Waals surface area contributed by atoms with Crippen LogP contribution in [-0.2, 0) is 9.53 Å². The second-order valence-corrected chi connectivity index (χ2v) is 5.53. The number of nitrogens with zero attached hydrogens (tertiary/aromatic N) is 1. The first-order chi connectivity index (χ1) is 7.70. The number of Topliss-reactive ketones (excluding diaryl/α,β-unsaturated/α-hetero) is 1. The molecule has 1 aliphatic heterocycles. The van der Waals surface area contributed by atoms with Crippen LogP contribution in [0.5, 0.6) is 0 Å². The largest absolute Gasteiger partial charge is 0.444 e. The number of hydrogen-bond donors (Lipinski definition) is 0. The van der Waals surface area contributed by atoms with Crippen molar-refractivity contribution in [2.45, 2.75) is 52.2 Å². The summed E-state index contributed by atoms with van der Waals surface area (Å²) in [6, 6.07) is -0.217. The number of ether oxygens (including phenoxy) is 1. The molecule has 1 saturated heterocycles. The van der Waals surface area contributed by atoms with Crippen molar-refractivity contribution in [3.63, 3.8) is 0 Å². The molecule has 0 aliphatic carbocycles. The number of ketones is 1. The van der Waals surface area contributed by atoms with Gasteiger partial charge in [0, 0.05) is 19.4 Å². The van der Waals surface area contributed by atoms with E-state index in [1.54, 1.807) is 4.90 Å². The first kappa shape index (κ1) is 13.7. The first-order valence-electron chi connectivity index (χ1n) is 5.87. The fourth-order valence-corrected chi connectivity index (χ4v) is 1.81. The Hall–Kier alpha value is -1.32. The molecule has 0 N–H and O–H groups in total. The minimum absolute atomic E-state index is 0.179. The topological polar surface area (TPSA) is 46.6 Å². The molecule has 1 unspecified atom stereocenters. The SMILES string of the molecule is C=C(C)C1CC(=O)CCN1C(=O)OC(C)(C)C. The number of amides is 1. The summed E-state index contributed by atoms with van der Waals surface area (Å²) in [5.74, 6) is 0.179. The Morgan fingerprint density at radius 3 is 2.53 bits per heavy atom. The highest BCUT2D eigenvalue weighted by atomic mass is 16.6. The maximum absolute atomic E-state index is 12.0. The first-order valence-corrected chi connectivity index (χ1v) is 5.87. The summed E-state index contributed by atoms with van der Waals surface area (Å²) in [5.41, 5.74) is 0.307. The standard InChI is InChI=1S/C13H21NO3/c1-9(2)11-8-10(15)6-7-14(11)12(16)17-13(3,4)5/h11H,1,6-8H2,2-5H3. The number of hydrogen-bond acceptors (Lipinski definition) is 3. The lowest BCUT2D eigenvalue weighted by molar-refractivity contribution is -0.122. The lowest BCUT2D eigenvalue weighted by Gasteiger charge is -2.36. The van der Waals surface area contributed by atoms with Crippen molar-refractivity contribution in [2.75, 3.05) is 6.54 Å². The quantitative estimate of drug-likeness (QED) is 0.660. The van der Waals surface area contributed by atoms with Crippen LogP contribution in [0.1, 0.15) is 40.5 Å². The van der Waals surface area contributed by atoms with Gasteiger partial charge in [0.1, 0.15) is 11.4 Å². The minimum Gasteiger partial charge on any atom is -0.444 e. The molecule has 1 rings (SSSR count). The van der Waals surface area contributed by atoms with Crippen LogP contribution < -0.4 is 0 Å². The third-order valence-corrected chi connectivity index (χ3v) is 2.63. The van der Waals surface area contributed by atoms with Gasteiger partial charge >= 0.3 is 6.09 Å². The Balaban J connectivity index is 2.76. The summed E-state index contributed by atoms with van der Waals surface area (Å²) >= 11 is 0. The van der Waals surface area contributed by atoms with E-state index in [9.17, 15) is 9.59 Å². The van der Waals surface area contributed by atoms with Crippen LogP contribution in [0, 0.1) is 0 Å². The molecule has 1 heterocycles. The fraction of sp³-hybridized carbons (Fsp3) is 0.692. The normalized spacial score (nSPS) is 21.3. The molecule has 0 bridgehead atoms. The summed E-state index contributed by atoms with van der Waals surface area (Å²) in [7, 11) is 0. The van der Waals surface area contributed by atoms with E-state index >= 15 is 0 Å². The average Bonchev–Trinajstić information content (AvgIpc) is 2.14. The van der Waals surface area contributed by atoms with Gasteiger partial charge in [-0.1, -0.05) is 12.2 Å². The van der Waals surface area contributed by atoms with E-state index in [4.69, 9.17) is 4.74 Å². The molecule has 96 valence electrons. The maximum atomic E-state index is 12.0. The van der Waals surface area contributed by atoms with Gasteiger partial charge in [-0.25, -0.2) is 4.79 Å². The molecular formula is C13H21NO3. The summed E-state index contributed by atoms with van der Waals surface area (Å²) < 4.78 is 5.33. The van der Waals surface area contributed by atoms with Crippen LogP contribution in [0.4, 0.5) is 4.79 Å². The summed E-state index contributed by atoms with van der Waals surface area (Å²) in [5, 5.41) is 0. The van der Waals surface area contributed by atoms with Crippen molar-refractivity contribution in [3.8, 4) is 0 Å². The van der Waals surface area contributed by atoms with Gasteiger partial charge in [-0.05, 0) is 27.7 Å². The highest BCUT2D eigenvalue weighted by molar-refractivity contribution is 5.83.